The van der Waals surface area contributed by atoms with Crippen LogP contribution in [0.15, 0.2) is 12.5 Å². The molecule has 0 aromatic carbocycles. The molecule has 0 amide bonds. The average molecular weight is 144 g/mol. The smallest absolute Gasteiger partial charge is 0.117 e. The van der Waals surface area contributed by atoms with E-state index < -0.39 is 0 Å². The Morgan fingerprint density at radius 3 is 2.50 bits per heavy atom. The van der Waals surface area contributed by atoms with Gasteiger partial charge in [0.25, 0.3) is 0 Å². The summed E-state index contributed by atoms with van der Waals surface area (Å²) in [5.41, 5.74) is 0. The molecule has 0 saturated carbocycles. The van der Waals surface area contributed by atoms with Crippen molar-refractivity contribution in [3.8, 4) is 0 Å². The van der Waals surface area contributed by atoms with Gasteiger partial charge in [-0.05, 0) is 12.3 Å². The molecular weight excluding hydrogens is 128 g/mol. The van der Waals surface area contributed by atoms with Crippen molar-refractivity contribution in [2.24, 2.45) is 5.92 Å². The highest BCUT2D eigenvalue weighted by Crippen LogP contribution is 1.98. The predicted octanol–water partition coefficient (Wildman–Crippen LogP) is 2.17. The summed E-state index contributed by atoms with van der Waals surface area (Å²) in [5.74, 6) is 0.705. The highest BCUT2D eigenvalue weighted by Gasteiger charge is 1.90. The van der Waals surface area contributed by atoms with Crippen molar-refractivity contribution in [2.45, 2.75) is 20.3 Å². The summed E-state index contributed by atoms with van der Waals surface area (Å²) in [6.45, 7) is 5.12. The third kappa shape index (κ3) is 7.34. The SMILES string of the molecule is COC=COCCC(C)C. The zero-order chi connectivity index (χ0) is 7.82. The van der Waals surface area contributed by atoms with Crippen LogP contribution in [-0.2, 0) is 9.47 Å². The second kappa shape index (κ2) is 6.46. The van der Waals surface area contributed by atoms with Crippen LogP contribution in [0, 0.1) is 5.92 Å². The van der Waals surface area contributed by atoms with E-state index in [-0.39, 0.29) is 0 Å². The van der Waals surface area contributed by atoms with Crippen LogP contribution in [-0.4, -0.2) is 13.7 Å². The Balaban J connectivity index is 2.97. The second-order valence-corrected chi connectivity index (χ2v) is 2.56. The second-order valence-electron chi connectivity index (χ2n) is 2.56. The van der Waals surface area contributed by atoms with Crippen LogP contribution in [0.4, 0.5) is 0 Å². The Labute approximate surface area is 62.8 Å². The summed E-state index contributed by atoms with van der Waals surface area (Å²) in [5, 5.41) is 0. The molecule has 0 atom stereocenters. The quantitative estimate of drug-likeness (QED) is 0.435. The monoisotopic (exact) mass is 144 g/mol. The maximum Gasteiger partial charge on any atom is 0.117 e. The molecule has 0 N–H and O–H groups in total. The Morgan fingerprint density at radius 1 is 1.30 bits per heavy atom. The van der Waals surface area contributed by atoms with Crippen LogP contribution >= 0.6 is 0 Å². The maximum atomic E-state index is 5.08. The van der Waals surface area contributed by atoms with E-state index in [1.54, 1.807) is 13.4 Å². The lowest BCUT2D eigenvalue weighted by Gasteiger charge is -2.02. The molecule has 60 valence electrons. The van der Waals surface area contributed by atoms with E-state index >= 15 is 0 Å². The van der Waals surface area contributed by atoms with Gasteiger partial charge in [0.15, 0.2) is 0 Å². The fourth-order valence-corrected chi connectivity index (χ4v) is 0.467. The maximum absolute atomic E-state index is 5.08. The highest BCUT2D eigenvalue weighted by atomic mass is 16.5. The van der Waals surface area contributed by atoms with E-state index in [4.69, 9.17) is 4.74 Å². The standard InChI is InChI=1S/C8H16O2/c1-8(2)4-5-10-7-6-9-3/h6-8H,4-5H2,1-3H3. The molecular formula is C8H16O2. The first-order valence-electron chi connectivity index (χ1n) is 3.56. The molecule has 2 nitrogen and oxygen atoms in total. The van der Waals surface area contributed by atoms with Gasteiger partial charge in [0.05, 0.1) is 13.7 Å². The van der Waals surface area contributed by atoms with Gasteiger partial charge in [-0.3, -0.25) is 0 Å². The van der Waals surface area contributed by atoms with Crippen LogP contribution in [0.1, 0.15) is 20.3 Å². The molecule has 0 aliphatic rings. The molecule has 0 fully saturated rings. The molecule has 0 aromatic rings. The molecule has 10 heavy (non-hydrogen) atoms. The lowest BCUT2D eigenvalue weighted by molar-refractivity contribution is 0.212. The fourth-order valence-electron chi connectivity index (χ4n) is 0.467. The topological polar surface area (TPSA) is 18.5 Å². The Morgan fingerprint density at radius 2 is 2.00 bits per heavy atom. The van der Waals surface area contributed by atoms with Crippen LogP contribution < -0.4 is 0 Å². The molecule has 0 bridgehead atoms. The van der Waals surface area contributed by atoms with Crippen LogP contribution in [0.3, 0.4) is 0 Å². The van der Waals surface area contributed by atoms with Gasteiger partial charge in [-0.25, -0.2) is 0 Å². The van der Waals surface area contributed by atoms with Gasteiger partial charge >= 0.3 is 0 Å². The van der Waals surface area contributed by atoms with Crippen LogP contribution in [0.2, 0.25) is 0 Å². The molecule has 0 unspecified atom stereocenters. The molecule has 0 heterocycles. The number of rotatable bonds is 5. The van der Waals surface area contributed by atoms with E-state index in [1.807, 2.05) is 0 Å². The number of methoxy groups -OCH3 is 1. The van der Waals surface area contributed by atoms with Crippen molar-refractivity contribution in [1.82, 2.24) is 0 Å². The predicted molar refractivity (Wildman–Crippen MR) is 41.6 cm³/mol. The van der Waals surface area contributed by atoms with Crippen LogP contribution in [0.25, 0.3) is 0 Å². The van der Waals surface area contributed by atoms with E-state index in [1.165, 1.54) is 6.26 Å². The molecule has 0 aliphatic heterocycles. The van der Waals surface area contributed by atoms with Crippen molar-refractivity contribution in [3.63, 3.8) is 0 Å². The van der Waals surface area contributed by atoms with Gasteiger partial charge in [0.1, 0.15) is 12.5 Å². The molecule has 0 rings (SSSR count). The molecule has 0 aromatic heterocycles. The highest BCUT2D eigenvalue weighted by molar-refractivity contribution is 4.59. The normalized spacial score (nSPS) is 10.8. The van der Waals surface area contributed by atoms with Crippen LogP contribution in [0.5, 0.6) is 0 Å². The van der Waals surface area contributed by atoms with Gasteiger partial charge in [-0.15, -0.1) is 0 Å². The summed E-state index contributed by atoms with van der Waals surface area (Å²) in [6.07, 6.45) is 4.19. The lowest BCUT2D eigenvalue weighted by Crippen LogP contribution is -1.93. The average Bonchev–Trinajstić information content (AvgIpc) is 1.87. The van der Waals surface area contributed by atoms with Crippen molar-refractivity contribution in [2.75, 3.05) is 13.7 Å². The molecule has 0 saturated heterocycles. The van der Waals surface area contributed by atoms with Gasteiger partial charge < -0.3 is 9.47 Å². The summed E-state index contributed by atoms with van der Waals surface area (Å²) in [4.78, 5) is 0. The number of hydrogen-bond acceptors (Lipinski definition) is 2. The molecule has 2 heteroatoms. The minimum atomic E-state index is 0.705. The minimum Gasteiger partial charge on any atom is -0.501 e. The fraction of sp³-hybridized carbons (Fsp3) is 0.750. The third-order valence-corrected chi connectivity index (χ3v) is 1.10. The largest absolute Gasteiger partial charge is 0.501 e. The van der Waals surface area contributed by atoms with Crippen molar-refractivity contribution >= 4 is 0 Å². The van der Waals surface area contributed by atoms with Gasteiger partial charge in [-0.2, -0.15) is 0 Å². The first-order chi connectivity index (χ1) is 4.77. The summed E-state index contributed by atoms with van der Waals surface area (Å²) >= 11 is 0. The van der Waals surface area contributed by atoms with Crippen molar-refractivity contribution in [3.05, 3.63) is 12.5 Å². The molecule has 0 radical (unpaired) electrons. The summed E-state index contributed by atoms with van der Waals surface area (Å²) < 4.78 is 9.72. The lowest BCUT2D eigenvalue weighted by atomic mass is 10.1. The zero-order valence-electron chi connectivity index (χ0n) is 6.96. The third-order valence-electron chi connectivity index (χ3n) is 1.10. The van der Waals surface area contributed by atoms with Gasteiger partial charge in [-0.1, -0.05) is 13.8 Å². The van der Waals surface area contributed by atoms with Crippen molar-refractivity contribution in [1.29, 1.82) is 0 Å². The summed E-state index contributed by atoms with van der Waals surface area (Å²) in [6, 6.07) is 0. The van der Waals surface area contributed by atoms with Gasteiger partial charge in [0, 0.05) is 0 Å². The Bertz CT molecular complexity index is 87.3. The first kappa shape index (κ1) is 9.34. The number of hydrogen-bond donors (Lipinski definition) is 0. The summed E-state index contributed by atoms with van der Waals surface area (Å²) in [7, 11) is 1.60. The van der Waals surface area contributed by atoms with Crippen molar-refractivity contribution < 1.29 is 9.47 Å². The van der Waals surface area contributed by atoms with E-state index in [9.17, 15) is 0 Å². The van der Waals surface area contributed by atoms with E-state index in [0.29, 0.717) is 5.92 Å². The van der Waals surface area contributed by atoms with E-state index in [2.05, 4.69) is 18.6 Å². The first-order valence-corrected chi connectivity index (χ1v) is 3.56. The Kier molecular flexibility index (Phi) is 6.03. The van der Waals surface area contributed by atoms with Gasteiger partial charge in [0.2, 0.25) is 0 Å². The molecule has 0 aliphatic carbocycles. The van der Waals surface area contributed by atoms with E-state index in [0.717, 1.165) is 13.0 Å². The Hall–Kier alpha value is -0.660. The minimum absolute atomic E-state index is 0.705. The molecule has 0 spiro atoms. The number of ether oxygens (including phenoxy) is 2. The zero-order valence-corrected chi connectivity index (χ0v) is 6.96.